The second kappa shape index (κ2) is 1.70. The summed E-state index contributed by atoms with van der Waals surface area (Å²) >= 11 is 0. The van der Waals surface area contributed by atoms with E-state index in [2.05, 4.69) is 9.97 Å². The van der Waals surface area contributed by atoms with E-state index in [1.165, 1.54) is 4.68 Å². The molecule has 0 aromatic carbocycles. The van der Waals surface area contributed by atoms with Gasteiger partial charge in [-0.3, -0.25) is 14.6 Å². The third-order valence-electron chi connectivity index (χ3n) is 1.30. The molecule has 50 valence electrons. The Morgan fingerprint density at radius 3 is 2.10 bits per heavy atom. The van der Waals surface area contributed by atoms with Crippen molar-refractivity contribution in [1.29, 1.82) is 0 Å². The van der Waals surface area contributed by atoms with Gasteiger partial charge in [-0.2, -0.15) is 0 Å². The highest BCUT2D eigenvalue weighted by Crippen LogP contribution is 2.04. The van der Waals surface area contributed by atoms with Crippen molar-refractivity contribution in [3.63, 3.8) is 0 Å². The Balaban J connectivity index is 2.88. The van der Waals surface area contributed by atoms with E-state index in [1.807, 2.05) is 0 Å². The summed E-state index contributed by atoms with van der Waals surface area (Å²) in [7, 11) is 0. The number of nitrogens with two attached hydrogens (primary N) is 1. The SMILES string of the molecule is Nn1cc2nccnc2c1. The van der Waals surface area contributed by atoms with Crippen LogP contribution in [0.2, 0.25) is 0 Å². The Bertz CT molecular complexity index is 318. The molecule has 2 rings (SSSR count). The van der Waals surface area contributed by atoms with E-state index in [0.29, 0.717) is 0 Å². The van der Waals surface area contributed by atoms with Gasteiger partial charge in [0, 0.05) is 12.4 Å². The predicted octanol–water partition coefficient (Wildman–Crippen LogP) is 0.145. The number of rotatable bonds is 0. The minimum atomic E-state index is 0.824. The van der Waals surface area contributed by atoms with Gasteiger partial charge < -0.3 is 5.84 Å². The molecule has 0 aliphatic carbocycles. The molecule has 2 N–H and O–H groups in total. The van der Waals surface area contributed by atoms with E-state index in [4.69, 9.17) is 5.84 Å². The summed E-state index contributed by atoms with van der Waals surface area (Å²) in [5.74, 6) is 5.43. The highest BCUT2D eigenvalue weighted by atomic mass is 15.3. The summed E-state index contributed by atoms with van der Waals surface area (Å²) in [6.45, 7) is 0. The first kappa shape index (κ1) is 5.22. The summed E-state index contributed by atoms with van der Waals surface area (Å²) < 4.78 is 1.45. The zero-order valence-electron chi connectivity index (χ0n) is 5.23. The number of hydrogen-bond donors (Lipinski definition) is 1. The molecular weight excluding hydrogens is 128 g/mol. The van der Waals surface area contributed by atoms with E-state index in [0.717, 1.165) is 11.0 Å². The largest absolute Gasteiger partial charge is 0.340 e. The van der Waals surface area contributed by atoms with Crippen LogP contribution in [0.25, 0.3) is 11.0 Å². The minimum absolute atomic E-state index is 0.824. The van der Waals surface area contributed by atoms with Crippen LogP contribution in [-0.2, 0) is 0 Å². The molecule has 0 fully saturated rings. The van der Waals surface area contributed by atoms with Crippen molar-refractivity contribution >= 4 is 11.0 Å². The molecule has 2 aromatic rings. The summed E-state index contributed by atoms with van der Waals surface area (Å²) in [5.41, 5.74) is 1.65. The van der Waals surface area contributed by atoms with E-state index >= 15 is 0 Å². The lowest BCUT2D eigenvalue weighted by atomic mass is 10.5. The van der Waals surface area contributed by atoms with Crippen LogP contribution in [0.4, 0.5) is 0 Å². The van der Waals surface area contributed by atoms with E-state index in [1.54, 1.807) is 24.8 Å². The average molecular weight is 134 g/mol. The molecule has 10 heavy (non-hydrogen) atoms. The Morgan fingerprint density at radius 2 is 1.60 bits per heavy atom. The molecule has 0 saturated heterocycles. The maximum Gasteiger partial charge on any atom is 0.108 e. The molecule has 0 bridgehead atoms. The van der Waals surface area contributed by atoms with Gasteiger partial charge in [0.05, 0.1) is 12.4 Å². The van der Waals surface area contributed by atoms with Crippen molar-refractivity contribution in [2.45, 2.75) is 0 Å². The topological polar surface area (TPSA) is 56.7 Å². The Hall–Kier alpha value is -1.58. The first-order chi connectivity index (χ1) is 4.86. The fourth-order valence-corrected chi connectivity index (χ4v) is 0.878. The normalized spacial score (nSPS) is 10.4. The molecule has 0 radical (unpaired) electrons. The van der Waals surface area contributed by atoms with Crippen molar-refractivity contribution in [2.24, 2.45) is 0 Å². The van der Waals surface area contributed by atoms with Gasteiger partial charge in [-0.25, -0.2) is 0 Å². The highest BCUT2D eigenvalue weighted by Gasteiger charge is 1.94. The van der Waals surface area contributed by atoms with Gasteiger partial charge in [0.1, 0.15) is 11.0 Å². The fourth-order valence-electron chi connectivity index (χ4n) is 0.878. The van der Waals surface area contributed by atoms with Gasteiger partial charge in [-0.05, 0) is 0 Å². The third-order valence-corrected chi connectivity index (χ3v) is 1.30. The van der Waals surface area contributed by atoms with Gasteiger partial charge in [0.15, 0.2) is 0 Å². The van der Waals surface area contributed by atoms with Crippen LogP contribution in [0.5, 0.6) is 0 Å². The second-order valence-electron chi connectivity index (χ2n) is 2.03. The van der Waals surface area contributed by atoms with Crippen LogP contribution in [0.3, 0.4) is 0 Å². The Morgan fingerprint density at radius 1 is 1.10 bits per heavy atom. The first-order valence-corrected chi connectivity index (χ1v) is 2.90. The van der Waals surface area contributed by atoms with Gasteiger partial charge in [0.2, 0.25) is 0 Å². The van der Waals surface area contributed by atoms with Crippen LogP contribution in [0.15, 0.2) is 24.8 Å². The van der Waals surface area contributed by atoms with Crippen LogP contribution in [0, 0.1) is 0 Å². The Kier molecular flexibility index (Phi) is 0.887. The minimum Gasteiger partial charge on any atom is -0.340 e. The molecule has 0 unspecified atom stereocenters. The van der Waals surface area contributed by atoms with Gasteiger partial charge in [-0.1, -0.05) is 0 Å². The van der Waals surface area contributed by atoms with Crippen molar-refractivity contribution in [3.05, 3.63) is 24.8 Å². The molecule has 4 heteroatoms. The molecule has 2 heterocycles. The summed E-state index contributed by atoms with van der Waals surface area (Å²) in [6, 6.07) is 0. The number of nitrogen functional groups attached to an aromatic ring is 1. The smallest absolute Gasteiger partial charge is 0.108 e. The number of nitrogens with zero attached hydrogens (tertiary/aromatic N) is 3. The zero-order valence-corrected chi connectivity index (χ0v) is 5.23. The molecule has 0 atom stereocenters. The highest BCUT2D eigenvalue weighted by molar-refractivity contribution is 5.72. The quantitative estimate of drug-likeness (QED) is 0.521. The summed E-state index contributed by atoms with van der Waals surface area (Å²) in [5, 5.41) is 0. The number of aromatic nitrogens is 3. The van der Waals surface area contributed by atoms with Crippen LogP contribution in [0.1, 0.15) is 0 Å². The molecular formula is C6H6N4. The molecule has 2 aromatic heterocycles. The van der Waals surface area contributed by atoms with Gasteiger partial charge in [0.25, 0.3) is 0 Å². The van der Waals surface area contributed by atoms with Crippen molar-refractivity contribution < 1.29 is 0 Å². The van der Waals surface area contributed by atoms with Gasteiger partial charge in [-0.15, -0.1) is 0 Å². The number of fused-ring (bicyclic) bond motifs is 1. The van der Waals surface area contributed by atoms with Crippen molar-refractivity contribution in [3.8, 4) is 0 Å². The standard InChI is InChI=1S/C6H6N4/c7-10-3-5-6(4-10)9-2-1-8-5/h1-4H,7H2. The number of hydrogen-bond acceptors (Lipinski definition) is 3. The maximum absolute atomic E-state index is 5.43. The summed E-state index contributed by atoms with van der Waals surface area (Å²) in [4.78, 5) is 8.08. The third kappa shape index (κ3) is 0.621. The molecule has 0 spiro atoms. The lowest BCUT2D eigenvalue weighted by molar-refractivity contribution is 1.02. The second-order valence-corrected chi connectivity index (χ2v) is 2.03. The zero-order chi connectivity index (χ0) is 6.97. The average Bonchev–Trinajstić information content (AvgIpc) is 2.27. The van der Waals surface area contributed by atoms with E-state index < -0.39 is 0 Å². The van der Waals surface area contributed by atoms with Crippen molar-refractivity contribution in [1.82, 2.24) is 14.6 Å². The summed E-state index contributed by atoms with van der Waals surface area (Å²) in [6.07, 6.45) is 6.73. The molecule has 0 amide bonds. The molecule has 0 aliphatic rings. The maximum atomic E-state index is 5.43. The lowest BCUT2D eigenvalue weighted by Crippen LogP contribution is -2.02. The van der Waals surface area contributed by atoms with Crippen molar-refractivity contribution in [2.75, 3.05) is 5.84 Å². The van der Waals surface area contributed by atoms with Crippen LogP contribution < -0.4 is 5.84 Å². The molecule has 4 nitrogen and oxygen atoms in total. The van der Waals surface area contributed by atoms with Crippen LogP contribution >= 0.6 is 0 Å². The molecule has 0 aliphatic heterocycles. The monoisotopic (exact) mass is 134 g/mol. The predicted molar refractivity (Wildman–Crippen MR) is 37.7 cm³/mol. The first-order valence-electron chi connectivity index (χ1n) is 2.90. The van der Waals surface area contributed by atoms with E-state index in [-0.39, 0.29) is 0 Å². The fraction of sp³-hybridized carbons (Fsp3) is 0. The molecule has 0 saturated carbocycles. The van der Waals surface area contributed by atoms with E-state index in [9.17, 15) is 0 Å². The van der Waals surface area contributed by atoms with Crippen LogP contribution in [-0.4, -0.2) is 14.6 Å². The Labute approximate surface area is 57.3 Å². The van der Waals surface area contributed by atoms with Gasteiger partial charge >= 0.3 is 0 Å². The lowest BCUT2D eigenvalue weighted by Gasteiger charge is -1.81.